The van der Waals surface area contributed by atoms with Crippen molar-refractivity contribution in [3.63, 3.8) is 0 Å². The summed E-state index contributed by atoms with van der Waals surface area (Å²) in [6.07, 6.45) is 2.76. The number of hydrogen-bond donors (Lipinski definition) is 1. The molecule has 0 spiro atoms. The average molecular weight is 495 g/mol. The monoisotopic (exact) mass is 494 g/mol. The molecule has 0 bridgehead atoms. The molecule has 1 heterocycles. The Hall–Kier alpha value is -2.35. The molecule has 8 heteroatoms. The number of piperidine rings is 1. The van der Waals surface area contributed by atoms with E-state index >= 15 is 0 Å². The van der Waals surface area contributed by atoms with Crippen LogP contribution in [-0.2, 0) is 11.3 Å². The maximum absolute atomic E-state index is 13.6. The van der Waals surface area contributed by atoms with Crippen LogP contribution in [0, 0.1) is 5.82 Å². The highest BCUT2D eigenvalue weighted by Crippen LogP contribution is 2.27. The van der Waals surface area contributed by atoms with Crippen LogP contribution in [0.2, 0.25) is 0 Å². The Balaban J connectivity index is 0.00000408. The van der Waals surface area contributed by atoms with Gasteiger partial charge in [0.2, 0.25) is 0 Å². The minimum atomic E-state index is -0.309. The molecule has 0 unspecified atom stereocenters. The van der Waals surface area contributed by atoms with E-state index in [9.17, 15) is 9.18 Å². The zero-order valence-corrected chi connectivity index (χ0v) is 21.0. The van der Waals surface area contributed by atoms with Crippen molar-refractivity contribution in [2.24, 2.45) is 0 Å². The summed E-state index contributed by atoms with van der Waals surface area (Å²) in [6, 6.07) is 11.8. The molecule has 1 saturated heterocycles. The second-order valence-electron chi connectivity index (χ2n) is 8.61. The lowest BCUT2D eigenvalue weighted by Gasteiger charge is -2.37. The number of methoxy groups -OCH3 is 1. The largest absolute Gasteiger partial charge is 0.493 e. The molecular formula is C26H36ClFN2O4. The van der Waals surface area contributed by atoms with Gasteiger partial charge in [0, 0.05) is 50.4 Å². The van der Waals surface area contributed by atoms with Gasteiger partial charge < -0.3 is 24.4 Å². The summed E-state index contributed by atoms with van der Waals surface area (Å²) in [4.78, 5) is 15.6. The maximum atomic E-state index is 13.6. The number of rotatable bonds is 11. The second-order valence-corrected chi connectivity index (χ2v) is 8.61. The molecule has 3 rings (SSSR count). The minimum absolute atomic E-state index is 0. The van der Waals surface area contributed by atoms with Crippen molar-refractivity contribution in [2.75, 3.05) is 33.4 Å². The minimum Gasteiger partial charge on any atom is -0.493 e. The Labute approximate surface area is 208 Å². The lowest BCUT2D eigenvalue weighted by atomic mass is 10.0. The van der Waals surface area contributed by atoms with Crippen LogP contribution in [-0.4, -0.2) is 56.3 Å². The van der Waals surface area contributed by atoms with Crippen LogP contribution < -0.4 is 14.8 Å². The van der Waals surface area contributed by atoms with Gasteiger partial charge in [-0.2, -0.15) is 0 Å². The van der Waals surface area contributed by atoms with Gasteiger partial charge in [-0.25, -0.2) is 4.39 Å². The van der Waals surface area contributed by atoms with Crippen LogP contribution >= 0.6 is 12.4 Å². The van der Waals surface area contributed by atoms with E-state index in [2.05, 4.69) is 5.32 Å². The number of nitrogens with zero attached hydrogens (tertiary/aromatic N) is 1. The van der Waals surface area contributed by atoms with Gasteiger partial charge in [0.25, 0.3) is 5.91 Å². The van der Waals surface area contributed by atoms with Gasteiger partial charge in [-0.15, -0.1) is 12.4 Å². The molecule has 1 fully saturated rings. The molecule has 2 aromatic rings. The van der Waals surface area contributed by atoms with Crippen LogP contribution in [0.4, 0.5) is 4.39 Å². The third kappa shape index (κ3) is 8.15. The summed E-state index contributed by atoms with van der Waals surface area (Å²) < 4.78 is 30.4. The second kappa shape index (κ2) is 14.1. The van der Waals surface area contributed by atoms with Crippen molar-refractivity contribution in [2.45, 2.75) is 51.8 Å². The zero-order valence-electron chi connectivity index (χ0n) is 20.2. The number of halogens is 2. The van der Waals surface area contributed by atoms with Gasteiger partial charge in [-0.3, -0.25) is 4.79 Å². The number of carbonyl (C=O) groups is 1. The summed E-state index contributed by atoms with van der Waals surface area (Å²) in [5.74, 6) is 0.724. The van der Waals surface area contributed by atoms with Gasteiger partial charge in [0.1, 0.15) is 23.9 Å². The van der Waals surface area contributed by atoms with E-state index < -0.39 is 0 Å². The van der Waals surface area contributed by atoms with Gasteiger partial charge >= 0.3 is 0 Å². The highest BCUT2D eigenvalue weighted by Gasteiger charge is 2.29. The van der Waals surface area contributed by atoms with Gasteiger partial charge in [-0.05, 0) is 63.1 Å². The number of ether oxygens (including phenoxy) is 3. The van der Waals surface area contributed by atoms with Gasteiger partial charge in [0.15, 0.2) is 0 Å². The molecule has 1 aliphatic rings. The molecule has 2 aromatic carbocycles. The first kappa shape index (κ1) is 27.9. The molecule has 0 aromatic heterocycles. The van der Waals surface area contributed by atoms with Gasteiger partial charge in [-0.1, -0.05) is 12.1 Å². The number of benzene rings is 2. The lowest BCUT2D eigenvalue weighted by molar-refractivity contribution is 0.0572. The van der Waals surface area contributed by atoms with E-state index in [0.29, 0.717) is 35.8 Å². The third-order valence-electron chi connectivity index (χ3n) is 5.64. The van der Waals surface area contributed by atoms with E-state index in [1.54, 1.807) is 37.4 Å². The summed E-state index contributed by atoms with van der Waals surface area (Å²) >= 11 is 0. The summed E-state index contributed by atoms with van der Waals surface area (Å²) in [5.41, 5.74) is 1.24. The van der Waals surface area contributed by atoms with Crippen molar-refractivity contribution in [3.05, 3.63) is 59.4 Å². The Bertz CT molecular complexity index is 906. The Morgan fingerprint density at radius 1 is 1.15 bits per heavy atom. The van der Waals surface area contributed by atoms with E-state index in [4.69, 9.17) is 14.2 Å². The fraction of sp³-hybridized carbons (Fsp3) is 0.500. The standard InChI is InChI=1S/C26H35FN2O4.ClH/c1-19(2)29(23-9-5-10-28-17-23)26(30)21-14-24(32-12-6-11-31-3)16-25(15-21)33-18-20-7-4-8-22(27)13-20;/h4,7-8,13-16,19,23,28H,5-6,9-12,17-18H2,1-3H3;1H/t23-;/m1./s1. The van der Waals surface area contributed by atoms with Crippen molar-refractivity contribution in [1.29, 1.82) is 0 Å². The van der Waals surface area contributed by atoms with Crippen molar-refractivity contribution in [1.82, 2.24) is 10.2 Å². The predicted molar refractivity (Wildman–Crippen MR) is 134 cm³/mol. The Kier molecular flexibility index (Phi) is 11.6. The van der Waals surface area contributed by atoms with E-state index in [-0.39, 0.29) is 42.8 Å². The number of nitrogens with one attached hydrogen (secondary N) is 1. The molecule has 1 amide bonds. The van der Waals surface area contributed by atoms with E-state index in [0.717, 1.165) is 32.4 Å². The average Bonchev–Trinajstić information content (AvgIpc) is 2.81. The first-order valence-electron chi connectivity index (χ1n) is 11.7. The normalized spacial score (nSPS) is 15.5. The number of carbonyl (C=O) groups excluding carboxylic acids is 1. The third-order valence-corrected chi connectivity index (χ3v) is 5.64. The lowest BCUT2D eigenvalue weighted by Crippen LogP contribution is -2.51. The fourth-order valence-electron chi connectivity index (χ4n) is 4.09. The molecule has 1 N–H and O–H groups in total. The van der Waals surface area contributed by atoms with Crippen LogP contribution in [0.3, 0.4) is 0 Å². The molecule has 34 heavy (non-hydrogen) atoms. The number of amides is 1. The van der Waals surface area contributed by atoms with Crippen molar-refractivity contribution in [3.8, 4) is 11.5 Å². The molecular weight excluding hydrogens is 459 g/mol. The first-order chi connectivity index (χ1) is 16.0. The van der Waals surface area contributed by atoms with Crippen molar-refractivity contribution >= 4 is 18.3 Å². The van der Waals surface area contributed by atoms with Crippen molar-refractivity contribution < 1.29 is 23.4 Å². The van der Waals surface area contributed by atoms with Crippen LogP contribution in [0.5, 0.6) is 11.5 Å². The zero-order chi connectivity index (χ0) is 23.6. The molecule has 1 aliphatic heterocycles. The predicted octanol–water partition coefficient (Wildman–Crippen LogP) is 4.84. The smallest absolute Gasteiger partial charge is 0.254 e. The van der Waals surface area contributed by atoms with Crippen LogP contribution in [0.15, 0.2) is 42.5 Å². The highest BCUT2D eigenvalue weighted by atomic mass is 35.5. The SMILES string of the molecule is COCCCOc1cc(OCc2cccc(F)c2)cc(C(=O)N(C(C)C)[C@@H]2CCCNC2)c1.Cl. The highest BCUT2D eigenvalue weighted by molar-refractivity contribution is 5.95. The molecule has 0 saturated carbocycles. The molecule has 188 valence electrons. The Morgan fingerprint density at radius 3 is 2.56 bits per heavy atom. The van der Waals surface area contributed by atoms with E-state index in [1.807, 2.05) is 18.7 Å². The number of hydrogen-bond acceptors (Lipinski definition) is 5. The molecule has 6 nitrogen and oxygen atoms in total. The molecule has 0 radical (unpaired) electrons. The summed E-state index contributed by atoms with van der Waals surface area (Å²) in [7, 11) is 1.65. The quantitative estimate of drug-likeness (QED) is 0.453. The molecule has 1 atom stereocenters. The Morgan fingerprint density at radius 2 is 1.91 bits per heavy atom. The molecule has 0 aliphatic carbocycles. The van der Waals surface area contributed by atoms with E-state index in [1.165, 1.54) is 12.1 Å². The van der Waals surface area contributed by atoms with Gasteiger partial charge in [0.05, 0.1) is 6.61 Å². The maximum Gasteiger partial charge on any atom is 0.254 e. The first-order valence-corrected chi connectivity index (χ1v) is 11.7. The summed E-state index contributed by atoms with van der Waals surface area (Å²) in [6.45, 7) is 7.11. The topological polar surface area (TPSA) is 60.0 Å². The van der Waals surface area contributed by atoms with Crippen LogP contribution in [0.25, 0.3) is 0 Å². The van der Waals surface area contributed by atoms with Crippen LogP contribution in [0.1, 0.15) is 49.0 Å². The summed E-state index contributed by atoms with van der Waals surface area (Å²) in [5, 5.41) is 3.40. The fourth-order valence-corrected chi connectivity index (χ4v) is 4.09.